The molecule has 0 aliphatic carbocycles. The first-order valence-corrected chi connectivity index (χ1v) is 7.70. The molecule has 0 radical (unpaired) electrons. The average molecular weight is 289 g/mol. The zero-order valence-electron chi connectivity index (χ0n) is 13.6. The molecule has 1 aromatic carbocycles. The molecule has 4 heteroatoms. The number of benzene rings is 1. The van der Waals surface area contributed by atoms with E-state index >= 15 is 0 Å². The van der Waals surface area contributed by atoms with Crippen LogP contribution in [0.1, 0.15) is 39.3 Å². The van der Waals surface area contributed by atoms with Crippen LogP contribution in [-0.2, 0) is 4.79 Å². The van der Waals surface area contributed by atoms with E-state index in [2.05, 4.69) is 48.4 Å². The third-order valence-electron chi connectivity index (χ3n) is 3.88. The molecule has 1 aliphatic rings. The fourth-order valence-electron chi connectivity index (χ4n) is 3.15. The van der Waals surface area contributed by atoms with Gasteiger partial charge in [-0.3, -0.25) is 9.69 Å². The molecule has 1 fully saturated rings. The van der Waals surface area contributed by atoms with Crippen molar-refractivity contribution in [3.8, 4) is 0 Å². The van der Waals surface area contributed by atoms with Gasteiger partial charge in [-0.1, -0.05) is 32.9 Å². The van der Waals surface area contributed by atoms with Crippen molar-refractivity contribution < 1.29 is 4.79 Å². The normalized spacial score (nSPS) is 18.3. The third-order valence-corrected chi connectivity index (χ3v) is 3.88. The Bertz CT molecular complexity index is 470. The van der Waals surface area contributed by atoms with E-state index in [1.165, 1.54) is 12.5 Å². The predicted octanol–water partition coefficient (Wildman–Crippen LogP) is 2.64. The van der Waals surface area contributed by atoms with Gasteiger partial charge in [0.05, 0.1) is 0 Å². The summed E-state index contributed by atoms with van der Waals surface area (Å²) in [5, 5.41) is 6.24. The molecule has 1 heterocycles. The van der Waals surface area contributed by atoms with Crippen LogP contribution >= 0.6 is 0 Å². The van der Waals surface area contributed by atoms with Gasteiger partial charge < -0.3 is 10.6 Å². The van der Waals surface area contributed by atoms with Crippen molar-refractivity contribution in [2.45, 2.75) is 33.7 Å². The number of carbonyl (C=O) groups is 1. The molecule has 2 N–H and O–H groups in total. The number of amides is 1. The molecule has 21 heavy (non-hydrogen) atoms. The van der Waals surface area contributed by atoms with Gasteiger partial charge in [-0.05, 0) is 23.1 Å². The monoisotopic (exact) mass is 289 g/mol. The Balaban J connectivity index is 2.22. The molecule has 1 amide bonds. The van der Waals surface area contributed by atoms with Gasteiger partial charge in [0.1, 0.15) is 0 Å². The van der Waals surface area contributed by atoms with Crippen LogP contribution in [0.5, 0.6) is 0 Å². The first-order valence-electron chi connectivity index (χ1n) is 7.70. The van der Waals surface area contributed by atoms with Crippen molar-refractivity contribution in [3.63, 3.8) is 0 Å². The Morgan fingerprint density at radius 1 is 1.19 bits per heavy atom. The molecule has 4 nitrogen and oxygen atoms in total. The SMILES string of the molecule is CC(=O)Nc1ccc([C@H](N2CCNCC2)C(C)(C)C)cc1. The quantitative estimate of drug-likeness (QED) is 0.899. The minimum absolute atomic E-state index is 0.0303. The number of carbonyl (C=O) groups excluding carboxylic acids is 1. The van der Waals surface area contributed by atoms with E-state index in [0.29, 0.717) is 6.04 Å². The van der Waals surface area contributed by atoms with Crippen LogP contribution < -0.4 is 10.6 Å². The van der Waals surface area contributed by atoms with Crippen LogP contribution in [0.3, 0.4) is 0 Å². The Hall–Kier alpha value is -1.39. The minimum atomic E-state index is -0.0303. The van der Waals surface area contributed by atoms with E-state index in [1.807, 2.05) is 12.1 Å². The van der Waals surface area contributed by atoms with Crippen LogP contribution in [0.2, 0.25) is 0 Å². The van der Waals surface area contributed by atoms with Crippen LogP contribution in [0, 0.1) is 5.41 Å². The Morgan fingerprint density at radius 2 is 1.76 bits per heavy atom. The number of rotatable bonds is 3. The Morgan fingerprint density at radius 3 is 2.24 bits per heavy atom. The van der Waals surface area contributed by atoms with Crippen LogP contribution in [0.25, 0.3) is 0 Å². The molecular formula is C17H27N3O. The van der Waals surface area contributed by atoms with Crippen molar-refractivity contribution in [1.82, 2.24) is 10.2 Å². The topological polar surface area (TPSA) is 44.4 Å². The van der Waals surface area contributed by atoms with E-state index in [1.54, 1.807) is 0 Å². The number of hydrogen-bond acceptors (Lipinski definition) is 3. The summed E-state index contributed by atoms with van der Waals surface area (Å²) < 4.78 is 0. The van der Waals surface area contributed by atoms with Gasteiger partial charge in [0.2, 0.25) is 5.91 Å². The lowest BCUT2D eigenvalue weighted by Crippen LogP contribution is -2.48. The van der Waals surface area contributed by atoms with Gasteiger partial charge in [-0.25, -0.2) is 0 Å². The summed E-state index contributed by atoms with van der Waals surface area (Å²) in [6.07, 6.45) is 0. The van der Waals surface area contributed by atoms with Gasteiger partial charge in [-0.15, -0.1) is 0 Å². The molecule has 1 aromatic rings. The zero-order valence-corrected chi connectivity index (χ0v) is 13.6. The first kappa shape index (κ1) is 16.0. The maximum Gasteiger partial charge on any atom is 0.221 e. The van der Waals surface area contributed by atoms with Crippen molar-refractivity contribution >= 4 is 11.6 Å². The first-order chi connectivity index (χ1) is 9.88. The highest BCUT2D eigenvalue weighted by Crippen LogP contribution is 2.38. The molecule has 0 bridgehead atoms. The third kappa shape index (κ3) is 4.29. The maximum absolute atomic E-state index is 11.1. The largest absolute Gasteiger partial charge is 0.326 e. The second-order valence-electron chi connectivity index (χ2n) is 6.86. The lowest BCUT2D eigenvalue weighted by Gasteiger charge is -2.42. The summed E-state index contributed by atoms with van der Waals surface area (Å²) in [5.74, 6) is -0.0303. The summed E-state index contributed by atoms with van der Waals surface area (Å²) in [6, 6.07) is 8.67. The highest BCUT2D eigenvalue weighted by atomic mass is 16.1. The standard InChI is InChI=1S/C17H27N3O/c1-13(21)19-15-7-5-14(6-8-15)16(17(2,3)4)20-11-9-18-10-12-20/h5-8,16,18H,9-12H2,1-4H3,(H,19,21)/t16-/m0/s1. The van der Waals surface area contributed by atoms with Gasteiger partial charge in [0, 0.05) is 44.8 Å². The Labute approximate surface area is 127 Å². The zero-order chi connectivity index (χ0) is 15.5. The summed E-state index contributed by atoms with van der Waals surface area (Å²) in [5.41, 5.74) is 2.35. The summed E-state index contributed by atoms with van der Waals surface area (Å²) in [4.78, 5) is 13.7. The van der Waals surface area contributed by atoms with E-state index in [9.17, 15) is 4.79 Å². The van der Waals surface area contributed by atoms with E-state index in [4.69, 9.17) is 0 Å². The van der Waals surface area contributed by atoms with Crippen LogP contribution in [-0.4, -0.2) is 37.0 Å². The Kier molecular flexibility index (Phi) is 5.01. The number of nitrogens with zero attached hydrogens (tertiary/aromatic N) is 1. The summed E-state index contributed by atoms with van der Waals surface area (Å²) in [6.45, 7) is 12.7. The van der Waals surface area contributed by atoms with E-state index in [0.717, 1.165) is 31.9 Å². The lowest BCUT2D eigenvalue weighted by molar-refractivity contribution is -0.114. The van der Waals surface area contributed by atoms with Crippen molar-refractivity contribution in [2.24, 2.45) is 5.41 Å². The molecule has 0 spiro atoms. The predicted molar refractivity (Wildman–Crippen MR) is 87.4 cm³/mol. The van der Waals surface area contributed by atoms with Gasteiger partial charge in [0.15, 0.2) is 0 Å². The molecule has 1 atom stereocenters. The molecule has 1 aliphatic heterocycles. The molecule has 0 aromatic heterocycles. The van der Waals surface area contributed by atoms with E-state index < -0.39 is 0 Å². The second kappa shape index (κ2) is 6.58. The molecule has 116 valence electrons. The van der Waals surface area contributed by atoms with Crippen molar-refractivity contribution in [1.29, 1.82) is 0 Å². The van der Waals surface area contributed by atoms with Crippen molar-refractivity contribution in [3.05, 3.63) is 29.8 Å². The average Bonchev–Trinajstić information content (AvgIpc) is 2.40. The van der Waals surface area contributed by atoms with Crippen molar-refractivity contribution in [2.75, 3.05) is 31.5 Å². The smallest absolute Gasteiger partial charge is 0.221 e. The highest BCUT2D eigenvalue weighted by molar-refractivity contribution is 5.88. The molecule has 0 saturated carbocycles. The highest BCUT2D eigenvalue weighted by Gasteiger charge is 2.32. The molecule has 1 saturated heterocycles. The summed E-state index contributed by atoms with van der Waals surface area (Å²) in [7, 11) is 0. The molecule has 2 rings (SSSR count). The number of anilines is 1. The second-order valence-corrected chi connectivity index (χ2v) is 6.86. The lowest BCUT2D eigenvalue weighted by atomic mass is 9.81. The van der Waals surface area contributed by atoms with Gasteiger partial charge in [0.25, 0.3) is 0 Å². The number of hydrogen-bond donors (Lipinski definition) is 2. The van der Waals surface area contributed by atoms with Crippen LogP contribution in [0.4, 0.5) is 5.69 Å². The number of piperazine rings is 1. The molecule has 0 unspecified atom stereocenters. The number of nitrogens with one attached hydrogen (secondary N) is 2. The van der Waals surface area contributed by atoms with Crippen LogP contribution in [0.15, 0.2) is 24.3 Å². The fourth-order valence-corrected chi connectivity index (χ4v) is 3.15. The van der Waals surface area contributed by atoms with Gasteiger partial charge >= 0.3 is 0 Å². The summed E-state index contributed by atoms with van der Waals surface area (Å²) >= 11 is 0. The van der Waals surface area contributed by atoms with Gasteiger partial charge in [-0.2, -0.15) is 0 Å². The fraction of sp³-hybridized carbons (Fsp3) is 0.588. The maximum atomic E-state index is 11.1. The van der Waals surface area contributed by atoms with E-state index in [-0.39, 0.29) is 11.3 Å². The minimum Gasteiger partial charge on any atom is -0.326 e. The molecular weight excluding hydrogens is 262 g/mol.